The van der Waals surface area contributed by atoms with Crippen LogP contribution in [0.5, 0.6) is 0 Å². The zero-order valence-corrected chi connectivity index (χ0v) is 10.8. The molecule has 2 nitrogen and oxygen atoms in total. The van der Waals surface area contributed by atoms with Crippen LogP contribution in [0.1, 0.15) is 13.8 Å². The number of halogens is 2. The molecule has 1 atom stereocenters. The van der Waals surface area contributed by atoms with Gasteiger partial charge >= 0.3 is 0 Å². The smallest absolute Gasteiger partial charge is 0.159 e. The largest absolute Gasteiger partial charge is 0.394 e. The van der Waals surface area contributed by atoms with Crippen molar-refractivity contribution in [3.8, 4) is 0 Å². The van der Waals surface area contributed by atoms with Crippen molar-refractivity contribution in [3.05, 3.63) is 29.8 Å². The van der Waals surface area contributed by atoms with E-state index in [9.17, 15) is 13.9 Å². The van der Waals surface area contributed by atoms with E-state index in [0.717, 1.165) is 12.6 Å². The zero-order valence-electron chi connectivity index (χ0n) is 9.96. The predicted octanol–water partition coefficient (Wildman–Crippen LogP) is 2.42. The summed E-state index contributed by atoms with van der Waals surface area (Å²) in [7, 11) is 0. The first kappa shape index (κ1) is 14.4. The minimum Gasteiger partial charge on any atom is -0.394 e. The van der Waals surface area contributed by atoms with Gasteiger partial charge in [0.25, 0.3) is 0 Å². The molecule has 0 aliphatic rings. The second kappa shape index (κ2) is 6.33. The number of rotatable bonds is 6. The molecule has 0 bridgehead atoms. The van der Waals surface area contributed by atoms with E-state index >= 15 is 0 Å². The van der Waals surface area contributed by atoms with Gasteiger partial charge < -0.3 is 10.4 Å². The minimum absolute atomic E-state index is 0.00246. The van der Waals surface area contributed by atoms with Crippen molar-refractivity contribution in [3.63, 3.8) is 0 Å². The zero-order chi connectivity index (χ0) is 12.9. The van der Waals surface area contributed by atoms with E-state index < -0.39 is 17.2 Å². The number of hydrogen-bond donors (Lipinski definition) is 2. The second-order valence-corrected chi connectivity index (χ2v) is 5.16. The lowest BCUT2D eigenvalue weighted by atomic mass is 10.1. The van der Waals surface area contributed by atoms with E-state index in [0.29, 0.717) is 10.6 Å². The lowest BCUT2D eigenvalue weighted by Crippen LogP contribution is -2.47. The van der Waals surface area contributed by atoms with Crippen molar-refractivity contribution in [1.82, 2.24) is 5.32 Å². The highest BCUT2D eigenvalue weighted by Gasteiger charge is 2.22. The molecular weight excluding hydrogens is 244 g/mol. The SMILES string of the molecule is CCNC(C)(CO)CSc1ccc(F)c(F)c1. The van der Waals surface area contributed by atoms with Gasteiger partial charge in [-0.25, -0.2) is 8.78 Å². The van der Waals surface area contributed by atoms with Gasteiger partial charge in [0.05, 0.1) is 6.61 Å². The highest BCUT2D eigenvalue weighted by atomic mass is 32.2. The highest BCUT2D eigenvalue weighted by Crippen LogP contribution is 2.24. The molecule has 0 saturated carbocycles. The van der Waals surface area contributed by atoms with Gasteiger partial charge in [0.15, 0.2) is 11.6 Å². The lowest BCUT2D eigenvalue weighted by molar-refractivity contribution is 0.194. The maximum absolute atomic E-state index is 13.0. The van der Waals surface area contributed by atoms with Crippen molar-refractivity contribution >= 4 is 11.8 Å². The number of thioether (sulfide) groups is 1. The Kier molecular flexibility index (Phi) is 5.36. The van der Waals surface area contributed by atoms with Gasteiger partial charge in [-0.1, -0.05) is 6.92 Å². The molecular formula is C12H17F2NOS. The van der Waals surface area contributed by atoms with Crippen molar-refractivity contribution in [1.29, 1.82) is 0 Å². The molecule has 2 N–H and O–H groups in total. The Morgan fingerprint density at radius 2 is 2.06 bits per heavy atom. The van der Waals surface area contributed by atoms with Crippen LogP contribution in [0.25, 0.3) is 0 Å². The van der Waals surface area contributed by atoms with Crippen LogP contribution in [-0.4, -0.2) is 29.5 Å². The van der Waals surface area contributed by atoms with Crippen LogP contribution in [0.2, 0.25) is 0 Å². The first-order chi connectivity index (χ1) is 8.00. The molecule has 0 heterocycles. The average Bonchev–Trinajstić information content (AvgIpc) is 2.31. The molecule has 0 aliphatic heterocycles. The maximum Gasteiger partial charge on any atom is 0.159 e. The Labute approximate surface area is 104 Å². The molecule has 0 fully saturated rings. The van der Waals surface area contributed by atoms with Crippen molar-refractivity contribution in [2.45, 2.75) is 24.3 Å². The van der Waals surface area contributed by atoms with E-state index in [1.165, 1.54) is 23.9 Å². The number of aliphatic hydroxyl groups excluding tert-OH is 1. The molecule has 1 aromatic rings. The van der Waals surface area contributed by atoms with Gasteiger partial charge in [0.1, 0.15) is 0 Å². The Morgan fingerprint density at radius 1 is 1.35 bits per heavy atom. The molecule has 1 rings (SSSR count). The molecule has 0 aromatic heterocycles. The average molecular weight is 261 g/mol. The molecule has 5 heteroatoms. The van der Waals surface area contributed by atoms with Gasteiger partial charge in [-0.3, -0.25) is 0 Å². The molecule has 0 saturated heterocycles. The monoisotopic (exact) mass is 261 g/mol. The van der Waals surface area contributed by atoms with Gasteiger partial charge in [-0.2, -0.15) is 0 Å². The maximum atomic E-state index is 13.0. The summed E-state index contributed by atoms with van der Waals surface area (Å²) in [6.45, 7) is 4.59. The Bertz CT molecular complexity index is 376. The number of hydrogen-bond acceptors (Lipinski definition) is 3. The van der Waals surface area contributed by atoms with Gasteiger partial charge in [0.2, 0.25) is 0 Å². The molecule has 1 unspecified atom stereocenters. The molecule has 96 valence electrons. The van der Waals surface area contributed by atoms with Gasteiger partial charge in [-0.05, 0) is 31.7 Å². The van der Waals surface area contributed by atoms with E-state index in [1.54, 1.807) is 0 Å². The standard InChI is InChI=1S/C12H17F2NOS/c1-3-15-12(2,7-16)8-17-9-4-5-10(13)11(14)6-9/h4-6,15-16H,3,7-8H2,1-2H3. The Balaban J connectivity index is 2.62. The quantitative estimate of drug-likeness (QED) is 0.771. The fourth-order valence-electron chi connectivity index (χ4n) is 1.39. The van der Waals surface area contributed by atoms with Crippen LogP contribution in [0.15, 0.2) is 23.1 Å². The summed E-state index contributed by atoms with van der Waals surface area (Å²) in [6, 6.07) is 3.82. The summed E-state index contributed by atoms with van der Waals surface area (Å²) in [4.78, 5) is 0.654. The van der Waals surface area contributed by atoms with E-state index in [1.807, 2.05) is 13.8 Å². The summed E-state index contributed by atoms with van der Waals surface area (Å²) in [5, 5.41) is 12.4. The number of aliphatic hydroxyl groups is 1. The summed E-state index contributed by atoms with van der Waals surface area (Å²) < 4.78 is 25.7. The minimum atomic E-state index is -0.843. The fourth-order valence-corrected chi connectivity index (χ4v) is 2.42. The first-order valence-corrected chi connectivity index (χ1v) is 6.43. The fraction of sp³-hybridized carbons (Fsp3) is 0.500. The molecule has 0 radical (unpaired) electrons. The van der Waals surface area contributed by atoms with E-state index in [2.05, 4.69) is 5.32 Å². The number of benzene rings is 1. The van der Waals surface area contributed by atoms with Crippen molar-refractivity contribution < 1.29 is 13.9 Å². The molecule has 0 spiro atoms. The molecule has 17 heavy (non-hydrogen) atoms. The van der Waals surface area contributed by atoms with Crippen LogP contribution in [-0.2, 0) is 0 Å². The Morgan fingerprint density at radius 3 is 2.59 bits per heavy atom. The van der Waals surface area contributed by atoms with Gasteiger partial charge in [-0.15, -0.1) is 11.8 Å². The highest BCUT2D eigenvalue weighted by molar-refractivity contribution is 7.99. The third-order valence-corrected chi connectivity index (χ3v) is 3.77. The molecule has 0 amide bonds. The third-order valence-electron chi connectivity index (χ3n) is 2.40. The van der Waals surface area contributed by atoms with Crippen LogP contribution in [0.4, 0.5) is 8.78 Å². The third kappa shape index (κ3) is 4.26. The van der Waals surface area contributed by atoms with Crippen molar-refractivity contribution in [2.75, 3.05) is 18.9 Å². The van der Waals surface area contributed by atoms with Crippen LogP contribution in [0.3, 0.4) is 0 Å². The summed E-state index contributed by atoms with van der Waals surface area (Å²) in [5.74, 6) is -1.10. The van der Waals surface area contributed by atoms with Gasteiger partial charge in [0, 0.05) is 16.2 Å². The predicted molar refractivity (Wildman–Crippen MR) is 66.2 cm³/mol. The van der Waals surface area contributed by atoms with Crippen LogP contribution < -0.4 is 5.32 Å². The number of nitrogens with one attached hydrogen (secondary N) is 1. The first-order valence-electron chi connectivity index (χ1n) is 5.44. The van der Waals surface area contributed by atoms with Crippen molar-refractivity contribution in [2.24, 2.45) is 0 Å². The van der Waals surface area contributed by atoms with Crippen LogP contribution in [0, 0.1) is 11.6 Å². The molecule has 1 aromatic carbocycles. The normalized spacial score (nSPS) is 14.6. The summed E-state index contributed by atoms with van der Waals surface area (Å²) >= 11 is 1.39. The molecule has 0 aliphatic carbocycles. The van der Waals surface area contributed by atoms with E-state index in [4.69, 9.17) is 0 Å². The second-order valence-electron chi connectivity index (χ2n) is 4.11. The van der Waals surface area contributed by atoms with Crippen LogP contribution >= 0.6 is 11.8 Å². The topological polar surface area (TPSA) is 32.3 Å². The Hall–Kier alpha value is -0.650. The lowest BCUT2D eigenvalue weighted by Gasteiger charge is -2.27. The summed E-state index contributed by atoms with van der Waals surface area (Å²) in [5.41, 5.74) is -0.412. The summed E-state index contributed by atoms with van der Waals surface area (Å²) in [6.07, 6.45) is 0. The number of likely N-dealkylation sites (N-methyl/N-ethyl adjacent to an activating group) is 1. The van der Waals surface area contributed by atoms with E-state index in [-0.39, 0.29) is 6.61 Å².